The molecule has 1 aliphatic rings. The first kappa shape index (κ1) is 21.4. The van der Waals surface area contributed by atoms with Gasteiger partial charge in [0.1, 0.15) is 12.6 Å². The van der Waals surface area contributed by atoms with Crippen molar-refractivity contribution < 1.29 is 19.1 Å². The largest absolute Gasteiger partial charge is 0.461 e. The van der Waals surface area contributed by atoms with Crippen LogP contribution in [0.3, 0.4) is 0 Å². The minimum atomic E-state index is -0.841. The van der Waals surface area contributed by atoms with Crippen molar-refractivity contribution in [2.24, 2.45) is 0 Å². The van der Waals surface area contributed by atoms with Crippen molar-refractivity contribution in [3.05, 3.63) is 71.3 Å². The summed E-state index contributed by atoms with van der Waals surface area (Å²) < 4.78 is 5.30. The zero-order chi connectivity index (χ0) is 21.5. The average Bonchev–Trinajstić information content (AvgIpc) is 2.74. The SMILES string of the molecule is Cc1ccccc1C(=O)NC(=S)N1CCNC(=O)C1CC(=O)OCc1ccccc1. The fourth-order valence-electron chi connectivity index (χ4n) is 3.18. The standard InChI is InChI=1S/C22H23N3O4S/c1-15-7-5-6-10-17(15)20(27)24-22(30)25-12-11-23-21(28)18(25)13-19(26)29-14-16-8-3-2-4-9-16/h2-10,18H,11-14H2,1H3,(H,23,28)(H,24,27,30). The first-order chi connectivity index (χ1) is 14.5. The molecule has 8 heteroatoms. The van der Waals surface area contributed by atoms with Gasteiger partial charge in [-0.25, -0.2) is 0 Å². The number of amides is 2. The zero-order valence-corrected chi connectivity index (χ0v) is 17.4. The topological polar surface area (TPSA) is 87.7 Å². The third-order valence-electron chi connectivity index (χ3n) is 4.80. The summed E-state index contributed by atoms with van der Waals surface area (Å²) in [5.41, 5.74) is 2.17. The summed E-state index contributed by atoms with van der Waals surface area (Å²) in [6, 6.07) is 15.6. The van der Waals surface area contributed by atoms with Crippen LogP contribution in [0.15, 0.2) is 54.6 Å². The van der Waals surface area contributed by atoms with Crippen LogP contribution in [0.1, 0.15) is 27.9 Å². The van der Waals surface area contributed by atoms with E-state index in [-0.39, 0.29) is 30.0 Å². The number of benzene rings is 2. The van der Waals surface area contributed by atoms with Crippen LogP contribution in [0.4, 0.5) is 0 Å². The molecule has 156 valence electrons. The molecule has 2 aromatic carbocycles. The lowest BCUT2D eigenvalue weighted by molar-refractivity contribution is -0.148. The minimum Gasteiger partial charge on any atom is -0.461 e. The van der Waals surface area contributed by atoms with Gasteiger partial charge in [-0.3, -0.25) is 19.7 Å². The summed E-state index contributed by atoms with van der Waals surface area (Å²) in [6.07, 6.45) is -0.168. The van der Waals surface area contributed by atoms with Crippen molar-refractivity contribution in [1.29, 1.82) is 0 Å². The average molecular weight is 426 g/mol. The van der Waals surface area contributed by atoms with Crippen LogP contribution in [0, 0.1) is 6.92 Å². The molecule has 7 nitrogen and oxygen atoms in total. The quantitative estimate of drug-likeness (QED) is 0.562. The van der Waals surface area contributed by atoms with Crippen LogP contribution in [0.5, 0.6) is 0 Å². The maximum absolute atomic E-state index is 12.6. The van der Waals surface area contributed by atoms with Gasteiger partial charge in [-0.1, -0.05) is 48.5 Å². The molecular formula is C22H23N3O4S. The van der Waals surface area contributed by atoms with Crippen LogP contribution in [0.25, 0.3) is 0 Å². The smallest absolute Gasteiger partial charge is 0.308 e. The molecule has 2 aromatic rings. The van der Waals surface area contributed by atoms with Gasteiger partial charge in [-0.2, -0.15) is 0 Å². The molecular weight excluding hydrogens is 402 g/mol. The van der Waals surface area contributed by atoms with E-state index < -0.39 is 12.0 Å². The Bertz CT molecular complexity index is 948. The molecule has 1 heterocycles. The van der Waals surface area contributed by atoms with Gasteiger partial charge in [0.25, 0.3) is 5.91 Å². The number of piperazine rings is 1. The molecule has 1 fully saturated rings. The number of hydrogen-bond donors (Lipinski definition) is 2. The second kappa shape index (κ2) is 9.98. The van der Waals surface area contributed by atoms with Gasteiger partial charge in [0, 0.05) is 18.7 Å². The molecule has 0 bridgehead atoms. The number of nitrogens with one attached hydrogen (secondary N) is 2. The van der Waals surface area contributed by atoms with Gasteiger partial charge in [0.05, 0.1) is 6.42 Å². The zero-order valence-electron chi connectivity index (χ0n) is 16.6. The fraction of sp³-hybridized carbons (Fsp3) is 0.273. The highest BCUT2D eigenvalue weighted by Gasteiger charge is 2.34. The highest BCUT2D eigenvalue weighted by molar-refractivity contribution is 7.80. The highest BCUT2D eigenvalue weighted by Crippen LogP contribution is 2.13. The number of thiocarbonyl (C=S) groups is 1. The van der Waals surface area contributed by atoms with Crippen molar-refractivity contribution in [1.82, 2.24) is 15.5 Å². The Morgan fingerprint density at radius 1 is 1.17 bits per heavy atom. The Hall–Kier alpha value is -3.26. The van der Waals surface area contributed by atoms with E-state index in [1.54, 1.807) is 17.0 Å². The maximum Gasteiger partial charge on any atom is 0.308 e. The van der Waals surface area contributed by atoms with Crippen LogP contribution in [0.2, 0.25) is 0 Å². The van der Waals surface area contributed by atoms with Crippen LogP contribution in [-0.4, -0.2) is 46.9 Å². The summed E-state index contributed by atoms with van der Waals surface area (Å²) in [5.74, 6) is -1.20. The molecule has 1 unspecified atom stereocenters. The van der Waals surface area contributed by atoms with Crippen LogP contribution in [-0.2, 0) is 20.9 Å². The summed E-state index contributed by atoms with van der Waals surface area (Å²) in [4.78, 5) is 38.9. The first-order valence-corrected chi connectivity index (χ1v) is 10.0. The van der Waals surface area contributed by atoms with Crippen molar-refractivity contribution in [2.45, 2.75) is 26.0 Å². The van der Waals surface area contributed by atoms with Crippen molar-refractivity contribution in [3.63, 3.8) is 0 Å². The monoisotopic (exact) mass is 425 g/mol. The van der Waals surface area contributed by atoms with Gasteiger partial charge in [0.15, 0.2) is 5.11 Å². The number of rotatable bonds is 5. The molecule has 1 atom stereocenters. The lowest BCUT2D eigenvalue weighted by Gasteiger charge is -2.36. The normalized spacial score (nSPS) is 15.8. The minimum absolute atomic E-state index is 0.110. The Balaban J connectivity index is 1.62. The Morgan fingerprint density at radius 3 is 2.60 bits per heavy atom. The second-order valence-corrected chi connectivity index (χ2v) is 7.31. The van der Waals surface area contributed by atoms with Gasteiger partial charge < -0.3 is 15.0 Å². The number of aryl methyl sites for hydroxylation is 1. The van der Waals surface area contributed by atoms with Crippen molar-refractivity contribution in [2.75, 3.05) is 13.1 Å². The third-order valence-corrected chi connectivity index (χ3v) is 5.14. The summed E-state index contributed by atoms with van der Waals surface area (Å²) >= 11 is 5.38. The van der Waals surface area contributed by atoms with Gasteiger partial charge >= 0.3 is 5.97 Å². The van der Waals surface area contributed by atoms with Crippen molar-refractivity contribution in [3.8, 4) is 0 Å². The number of esters is 1. The molecule has 2 N–H and O–H groups in total. The Morgan fingerprint density at radius 2 is 1.87 bits per heavy atom. The lowest BCUT2D eigenvalue weighted by atomic mass is 10.1. The summed E-state index contributed by atoms with van der Waals surface area (Å²) in [7, 11) is 0. The second-order valence-electron chi connectivity index (χ2n) is 6.92. The van der Waals surface area contributed by atoms with E-state index in [4.69, 9.17) is 17.0 Å². The van der Waals surface area contributed by atoms with E-state index in [2.05, 4.69) is 10.6 Å². The van der Waals surface area contributed by atoms with E-state index in [9.17, 15) is 14.4 Å². The molecule has 30 heavy (non-hydrogen) atoms. The van der Waals surface area contributed by atoms with Gasteiger partial charge in [-0.05, 0) is 36.3 Å². The number of nitrogens with zero attached hydrogens (tertiary/aromatic N) is 1. The molecule has 0 saturated carbocycles. The molecule has 0 spiro atoms. The number of hydrogen-bond acceptors (Lipinski definition) is 5. The number of ether oxygens (including phenoxy) is 1. The van der Waals surface area contributed by atoms with E-state index in [1.165, 1.54) is 0 Å². The Kier molecular flexibility index (Phi) is 7.13. The molecule has 0 radical (unpaired) electrons. The van der Waals surface area contributed by atoms with Crippen LogP contribution >= 0.6 is 12.2 Å². The maximum atomic E-state index is 12.6. The molecule has 2 amide bonds. The number of carbonyl (C=O) groups is 3. The lowest BCUT2D eigenvalue weighted by Crippen LogP contribution is -2.60. The molecule has 1 saturated heterocycles. The molecule has 0 aromatic heterocycles. The predicted octanol–water partition coefficient (Wildman–Crippen LogP) is 1.94. The number of carbonyl (C=O) groups excluding carboxylic acids is 3. The predicted molar refractivity (Wildman–Crippen MR) is 116 cm³/mol. The molecule has 0 aliphatic carbocycles. The van der Waals surface area contributed by atoms with Crippen molar-refractivity contribution >= 4 is 35.1 Å². The van der Waals surface area contributed by atoms with E-state index in [0.717, 1.165) is 11.1 Å². The third kappa shape index (κ3) is 5.42. The first-order valence-electron chi connectivity index (χ1n) is 9.60. The van der Waals surface area contributed by atoms with E-state index in [0.29, 0.717) is 18.7 Å². The molecule has 1 aliphatic heterocycles. The van der Waals surface area contributed by atoms with E-state index >= 15 is 0 Å². The summed E-state index contributed by atoms with van der Waals surface area (Å²) in [6.45, 7) is 2.71. The summed E-state index contributed by atoms with van der Waals surface area (Å²) in [5, 5.41) is 5.51. The molecule has 3 rings (SSSR count). The fourth-order valence-corrected chi connectivity index (χ4v) is 3.49. The highest BCUT2D eigenvalue weighted by atomic mass is 32.1. The van der Waals surface area contributed by atoms with Crippen LogP contribution < -0.4 is 10.6 Å². The van der Waals surface area contributed by atoms with E-state index in [1.807, 2.05) is 49.4 Å². The Labute approximate surface area is 180 Å². The van der Waals surface area contributed by atoms with Gasteiger partial charge in [0.2, 0.25) is 5.91 Å². The van der Waals surface area contributed by atoms with Gasteiger partial charge in [-0.15, -0.1) is 0 Å².